The molecule has 0 bridgehead atoms. The summed E-state index contributed by atoms with van der Waals surface area (Å²) in [5, 5.41) is 3.30. The quantitative estimate of drug-likeness (QED) is 0.827. The zero-order valence-electron chi connectivity index (χ0n) is 14.8. The van der Waals surface area contributed by atoms with Crippen molar-refractivity contribution in [2.45, 2.75) is 43.2 Å². The van der Waals surface area contributed by atoms with Crippen LogP contribution in [-0.4, -0.2) is 29.0 Å². The lowest BCUT2D eigenvalue weighted by Crippen LogP contribution is -2.42. The maximum absolute atomic E-state index is 12.3. The molecule has 0 unspecified atom stereocenters. The molecule has 0 spiro atoms. The summed E-state index contributed by atoms with van der Waals surface area (Å²) in [6.45, 7) is 7.29. The Morgan fingerprint density at radius 1 is 1.16 bits per heavy atom. The second-order valence-electron chi connectivity index (χ2n) is 6.65. The fraction of sp³-hybridized carbons (Fsp3) is 0.316. The number of aryl methyl sites for hydroxylation is 1. The average molecular weight is 358 g/mol. The van der Waals surface area contributed by atoms with Crippen LogP contribution in [-0.2, 0) is 9.53 Å². The first kappa shape index (κ1) is 19.0. The Bertz CT molecular complexity index is 752. The largest absolute Gasteiger partial charge is 0.452 e. The minimum Gasteiger partial charge on any atom is -0.452 e. The molecule has 0 fully saturated rings. The Balaban J connectivity index is 2.05. The zero-order valence-corrected chi connectivity index (χ0v) is 15.6. The maximum Gasteiger partial charge on any atom is 0.341 e. The molecule has 132 valence electrons. The Hall–Kier alpha value is -2.34. The van der Waals surface area contributed by atoms with Crippen molar-refractivity contribution in [3.63, 3.8) is 0 Å². The molecule has 5 nitrogen and oxygen atoms in total. The molecule has 0 aliphatic carbocycles. The minimum absolute atomic E-state index is 0.320. The van der Waals surface area contributed by atoms with E-state index in [2.05, 4.69) is 10.3 Å². The molecule has 0 aliphatic rings. The summed E-state index contributed by atoms with van der Waals surface area (Å²) in [6.07, 6.45) is 1.62. The highest BCUT2D eigenvalue weighted by molar-refractivity contribution is 7.99. The van der Waals surface area contributed by atoms with E-state index in [4.69, 9.17) is 4.74 Å². The lowest BCUT2D eigenvalue weighted by Gasteiger charge is -2.20. The molecule has 1 heterocycles. The average Bonchev–Trinajstić information content (AvgIpc) is 2.54. The normalized spacial score (nSPS) is 11.0. The van der Waals surface area contributed by atoms with E-state index in [0.29, 0.717) is 10.6 Å². The van der Waals surface area contributed by atoms with Crippen molar-refractivity contribution >= 4 is 23.6 Å². The van der Waals surface area contributed by atoms with Gasteiger partial charge >= 0.3 is 5.97 Å². The van der Waals surface area contributed by atoms with E-state index in [9.17, 15) is 9.59 Å². The van der Waals surface area contributed by atoms with Gasteiger partial charge in [0.1, 0.15) is 5.03 Å². The van der Waals surface area contributed by atoms with Crippen LogP contribution >= 0.6 is 11.8 Å². The van der Waals surface area contributed by atoms with Gasteiger partial charge in [0.25, 0.3) is 5.91 Å². The number of aromatic nitrogens is 1. The van der Waals surface area contributed by atoms with E-state index in [1.807, 2.05) is 52.0 Å². The number of benzene rings is 1. The Labute approximate surface area is 152 Å². The van der Waals surface area contributed by atoms with Crippen LogP contribution in [0, 0.1) is 6.92 Å². The predicted molar refractivity (Wildman–Crippen MR) is 97.7 cm³/mol. The van der Waals surface area contributed by atoms with E-state index in [0.717, 1.165) is 10.5 Å². The van der Waals surface area contributed by atoms with Crippen molar-refractivity contribution in [2.75, 3.05) is 6.61 Å². The van der Waals surface area contributed by atoms with Crippen molar-refractivity contribution in [2.24, 2.45) is 0 Å². The Morgan fingerprint density at radius 2 is 1.84 bits per heavy atom. The lowest BCUT2D eigenvalue weighted by molar-refractivity contribution is -0.125. The molecule has 2 rings (SSSR count). The van der Waals surface area contributed by atoms with E-state index < -0.39 is 5.97 Å². The summed E-state index contributed by atoms with van der Waals surface area (Å²) in [5.41, 5.74) is 1.14. The number of esters is 1. The number of carbonyl (C=O) groups is 2. The van der Waals surface area contributed by atoms with Gasteiger partial charge in [-0.3, -0.25) is 4.79 Å². The highest BCUT2D eigenvalue weighted by Crippen LogP contribution is 2.29. The van der Waals surface area contributed by atoms with E-state index in [-0.39, 0.29) is 18.1 Å². The Morgan fingerprint density at radius 3 is 2.48 bits per heavy atom. The number of hydrogen-bond acceptors (Lipinski definition) is 5. The monoisotopic (exact) mass is 358 g/mol. The van der Waals surface area contributed by atoms with Gasteiger partial charge in [0.2, 0.25) is 0 Å². The molecule has 0 aliphatic heterocycles. The predicted octanol–water partition coefficient (Wildman–Crippen LogP) is 3.61. The van der Waals surface area contributed by atoms with Crippen molar-refractivity contribution in [3.05, 3.63) is 53.7 Å². The minimum atomic E-state index is -0.563. The molecule has 0 saturated carbocycles. The second-order valence-corrected chi connectivity index (χ2v) is 7.71. The van der Waals surface area contributed by atoms with Gasteiger partial charge in [-0.25, -0.2) is 9.78 Å². The van der Waals surface area contributed by atoms with Gasteiger partial charge in [0.15, 0.2) is 6.61 Å². The van der Waals surface area contributed by atoms with Crippen molar-refractivity contribution in [1.82, 2.24) is 10.3 Å². The van der Waals surface area contributed by atoms with Gasteiger partial charge in [-0.2, -0.15) is 0 Å². The van der Waals surface area contributed by atoms with Gasteiger partial charge in [-0.1, -0.05) is 29.5 Å². The summed E-state index contributed by atoms with van der Waals surface area (Å²) < 4.78 is 5.13. The fourth-order valence-corrected chi connectivity index (χ4v) is 2.88. The lowest BCUT2D eigenvalue weighted by atomic mass is 10.1. The first-order valence-corrected chi connectivity index (χ1v) is 8.74. The summed E-state index contributed by atoms with van der Waals surface area (Å²) in [5.74, 6) is -0.899. The highest BCUT2D eigenvalue weighted by atomic mass is 32.2. The molecule has 25 heavy (non-hydrogen) atoms. The molecule has 0 saturated heterocycles. The molecule has 0 radical (unpaired) electrons. The number of pyridine rings is 1. The first-order chi connectivity index (χ1) is 11.7. The third-order valence-electron chi connectivity index (χ3n) is 3.08. The van der Waals surface area contributed by atoms with Crippen LogP contribution in [0.2, 0.25) is 0 Å². The van der Waals surface area contributed by atoms with E-state index >= 15 is 0 Å². The molecule has 6 heteroatoms. The number of nitrogens with one attached hydrogen (secondary N) is 1. The second kappa shape index (κ2) is 8.16. The number of nitrogens with zero attached hydrogens (tertiary/aromatic N) is 1. The van der Waals surface area contributed by atoms with Crippen LogP contribution < -0.4 is 5.32 Å². The van der Waals surface area contributed by atoms with Gasteiger partial charge in [-0.15, -0.1) is 0 Å². The van der Waals surface area contributed by atoms with Crippen molar-refractivity contribution in [1.29, 1.82) is 0 Å². The summed E-state index contributed by atoms with van der Waals surface area (Å²) in [7, 11) is 0. The molecule has 0 atom stereocenters. The fourth-order valence-electron chi connectivity index (χ4n) is 2.01. The number of rotatable bonds is 5. The number of hydrogen-bond donors (Lipinski definition) is 1. The van der Waals surface area contributed by atoms with E-state index in [1.54, 1.807) is 18.3 Å². The molecule has 2 aromatic rings. The van der Waals surface area contributed by atoms with Crippen LogP contribution in [0.15, 0.2) is 52.5 Å². The zero-order chi connectivity index (χ0) is 18.4. The van der Waals surface area contributed by atoms with Crippen molar-refractivity contribution < 1.29 is 14.3 Å². The SMILES string of the molecule is Cc1ccc(Sc2ncccc2C(=O)OCC(=O)NC(C)(C)C)cc1. The van der Waals surface area contributed by atoms with Crippen LogP contribution in [0.5, 0.6) is 0 Å². The number of amides is 1. The maximum atomic E-state index is 12.3. The number of ether oxygens (including phenoxy) is 1. The summed E-state index contributed by atoms with van der Waals surface area (Å²) >= 11 is 1.38. The van der Waals surface area contributed by atoms with Gasteiger partial charge in [-0.05, 0) is 52.0 Å². The summed E-state index contributed by atoms with van der Waals surface area (Å²) in [4.78, 5) is 29.4. The molecular formula is C19H22N2O3S. The van der Waals surface area contributed by atoms with Crippen LogP contribution in [0.4, 0.5) is 0 Å². The smallest absolute Gasteiger partial charge is 0.341 e. The van der Waals surface area contributed by atoms with Gasteiger partial charge in [0.05, 0.1) is 5.56 Å². The molecule has 1 aromatic carbocycles. The first-order valence-electron chi connectivity index (χ1n) is 7.92. The van der Waals surface area contributed by atoms with E-state index in [1.165, 1.54) is 11.8 Å². The van der Waals surface area contributed by atoms with Gasteiger partial charge in [0, 0.05) is 16.6 Å². The Kier molecular flexibility index (Phi) is 6.20. The van der Waals surface area contributed by atoms with Crippen LogP contribution in [0.1, 0.15) is 36.7 Å². The number of carbonyl (C=O) groups excluding carboxylic acids is 2. The summed E-state index contributed by atoms with van der Waals surface area (Å²) in [6, 6.07) is 11.3. The molecule has 1 N–H and O–H groups in total. The topological polar surface area (TPSA) is 68.3 Å². The van der Waals surface area contributed by atoms with Crippen LogP contribution in [0.3, 0.4) is 0 Å². The van der Waals surface area contributed by atoms with Crippen LogP contribution in [0.25, 0.3) is 0 Å². The standard InChI is InChI=1S/C19H22N2O3S/c1-13-7-9-14(10-8-13)25-17-15(6-5-11-20-17)18(23)24-12-16(22)21-19(2,3)4/h5-11H,12H2,1-4H3,(H,21,22). The highest BCUT2D eigenvalue weighted by Gasteiger charge is 2.18. The molecule has 1 aromatic heterocycles. The van der Waals surface area contributed by atoms with Gasteiger partial charge < -0.3 is 10.1 Å². The third-order valence-corrected chi connectivity index (χ3v) is 4.10. The molecule has 1 amide bonds. The van der Waals surface area contributed by atoms with Crippen molar-refractivity contribution in [3.8, 4) is 0 Å². The molecular weight excluding hydrogens is 336 g/mol. The third kappa shape index (κ3) is 6.23.